The van der Waals surface area contributed by atoms with Crippen LogP contribution >= 0.6 is 0 Å². The predicted octanol–water partition coefficient (Wildman–Crippen LogP) is 2.63. The van der Waals surface area contributed by atoms with Crippen molar-refractivity contribution in [2.45, 2.75) is 18.9 Å². The summed E-state index contributed by atoms with van der Waals surface area (Å²) >= 11 is 0. The van der Waals surface area contributed by atoms with Crippen molar-refractivity contribution in [3.05, 3.63) is 60.2 Å². The minimum Gasteiger partial charge on any atom is -0.497 e. The molecule has 0 spiro atoms. The molecule has 2 aromatic carbocycles. The number of hydrogen-bond acceptors (Lipinski definition) is 5. The minimum absolute atomic E-state index is 0.168. The molecule has 0 saturated carbocycles. The largest absolute Gasteiger partial charge is 0.497 e. The lowest BCUT2D eigenvalue weighted by atomic mass is 9.87. The maximum atomic E-state index is 13.3. The Morgan fingerprint density at radius 2 is 1.63 bits per heavy atom. The van der Waals surface area contributed by atoms with Gasteiger partial charge in [0.2, 0.25) is 0 Å². The van der Waals surface area contributed by atoms with E-state index >= 15 is 0 Å². The van der Waals surface area contributed by atoms with Gasteiger partial charge in [0.15, 0.2) is 0 Å². The van der Waals surface area contributed by atoms with Crippen LogP contribution in [0.15, 0.2) is 54.6 Å². The van der Waals surface area contributed by atoms with Crippen molar-refractivity contribution in [3.8, 4) is 5.75 Å². The van der Waals surface area contributed by atoms with Crippen LogP contribution in [0.25, 0.3) is 0 Å². The second kappa shape index (κ2) is 8.36. The van der Waals surface area contributed by atoms with Crippen LogP contribution in [0.2, 0.25) is 0 Å². The maximum absolute atomic E-state index is 13.3. The maximum Gasteiger partial charge on any atom is 0.326 e. The number of urea groups is 1. The van der Waals surface area contributed by atoms with E-state index in [1.54, 1.807) is 7.11 Å². The summed E-state index contributed by atoms with van der Waals surface area (Å²) in [5.74, 6) is 0.674. The van der Waals surface area contributed by atoms with E-state index in [2.05, 4.69) is 27.2 Å². The van der Waals surface area contributed by atoms with Gasteiger partial charge in [-0.2, -0.15) is 0 Å². The highest BCUT2D eigenvalue weighted by molar-refractivity contribution is 6.07. The van der Waals surface area contributed by atoms with Crippen LogP contribution in [0.4, 0.5) is 10.5 Å². The summed E-state index contributed by atoms with van der Waals surface area (Å²) in [6.07, 6.45) is 0.517. The fraction of sp³-hybridized carbons (Fsp3) is 0.391. The van der Waals surface area contributed by atoms with Gasteiger partial charge in [-0.25, -0.2) is 9.69 Å². The van der Waals surface area contributed by atoms with E-state index in [0.29, 0.717) is 13.1 Å². The lowest BCUT2D eigenvalue weighted by Gasteiger charge is -2.37. The molecule has 158 valence electrons. The standard InChI is InChI=1S/C23H28N4O3/c1-3-23(18-7-5-4-6-8-18)21(28)27(22(29)24-23)17-25-13-15-26(16-14-25)19-9-11-20(30-2)12-10-19/h4-12H,3,13-17H2,1-2H3,(H,24,29)/t23-/m0/s1. The molecule has 0 aromatic heterocycles. The van der Waals surface area contributed by atoms with Crippen molar-refractivity contribution in [3.63, 3.8) is 0 Å². The van der Waals surface area contributed by atoms with Gasteiger partial charge in [0.25, 0.3) is 5.91 Å². The van der Waals surface area contributed by atoms with Crippen LogP contribution in [0.3, 0.4) is 0 Å². The number of carbonyl (C=O) groups excluding carboxylic acids is 2. The Labute approximate surface area is 177 Å². The molecule has 0 aliphatic carbocycles. The van der Waals surface area contributed by atoms with Gasteiger partial charge in [-0.05, 0) is 36.2 Å². The van der Waals surface area contributed by atoms with E-state index in [4.69, 9.17) is 4.74 Å². The third-order valence-corrected chi connectivity index (χ3v) is 6.12. The predicted molar refractivity (Wildman–Crippen MR) is 115 cm³/mol. The van der Waals surface area contributed by atoms with E-state index in [1.807, 2.05) is 49.4 Å². The second-order valence-electron chi connectivity index (χ2n) is 7.73. The number of hydrogen-bond donors (Lipinski definition) is 1. The van der Waals surface area contributed by atoms with Crippen LogP contribution in [0, 0.1) is 0 Å². The first-order valence-electron chi connectivity index (χ1n) is 10.4. The number of piperazine rings is 1. The molecule has 2 heterocycles. The zero-order valence-corrected chi connectivity index (χ0v) is 17.5. The van der Waals surface area contributed by atoms with Gasteiger partial charge in [-0.1, -0.05) is 37.3 Å². The van der Waals surface area contributed by atoms with Gasteiger partial charge >= 0.3 is 6.03 Å². The summed E-state index contributed by atoms with van der Waals surface area (Å²) in [5, 5.41) is 2.96. The zero-order valence-electron chi connectivity index (χ0n) is 17.5. The van der Waals surface area contributed by atoms with Gasteiger partial charge in [-0.15, -0.1) is 0 Å². The number of methoxy groups -OCH3 is 1. The van der Waals surface area contributed by atoms with Crippen LogP contribution in [-0.2, 0) is 10.3 Å². The highest BCUT2D eigenvalue weighted by Gasteiger charge is 2.51. The molecule has 2 aliphatic heterocycles. The van der Waals surface area contributed by atoms with Crippen molar-refractivity contribution >= 4 is 17.6 Å². The van der Waals surface area contributed by atoms with E-state index in [1.165, 1.54) is 4.90 Å². The average molecular weight is 409 g/mol. The van der Waals surface area contributed by atoms with Crippen molar-refractivity contribution in [1.82, 2.24) is 15.1 Å². The molecule has 1 atom stereocenters. The molecule has 2 aromatic rings. The zero-order chi connectivity index (χ0) is 21.1. The van der Waals surface area contributed by atoms with Crippen LogP contribution in [0.1, 0.15) is 18.9 Å². The number of anilines is 1. The average Bonchev–Trinajstić information content (AvgIpc) is 3.05. The molecule has 7 nitrogen and oxygen atoms in total. The molecule has 0 radical (unpaired) electrons. The lowest BCUT2D eigenvalue weighted by Crippen LogP contribution is -2.51. The van der Waals surface area contributed by atoms with Gasteiger partial charge in [-0.3, -0.25) is 9.69 Å². The molecule has 2 fully saturated rings. The fourth-order valence-corrected chi connectivity index (χ4v) is 4.26. The monoisotopic (exact) mass is 408 g/mol. The highest BCUT2D eigenvalue weighted by atomic mass is 16.5. The first kappa shape index (κ1) is 20.2. The smallest absolute Gasteiger partial charge is 0.326 e. The number of nitrogens with zero attached hydrogens (tertiary/aromatic N) is 3. The molecule has 1 N–H and O–H groups in total. The van der Waals surface area contributed by atoms with Crippen LogP contribution < -0.4 is 15.0 Å². The molecule has 2 saturated heterocycles. The number of benzene rings is 2. The quantitative estimate of drug-likeness (QED) is 0.745. The highest BCUT2D eigenvalue weighted by Crippen LogP contribution is 2.32. The van der Waals surface area contributed by atoms with Crippen molar-refractivity contribution in [1.29, 1.82) is 0 Å². The summed E-state index contributed by atoms with van der Waals surface area (Å²) in [6, 6.07) is 17.2. The Balaban J connectivity index is 1.40. The molecule has 0 bridgehead atoms. The lowest BCUT2D eigenvalue weighted by molar-refractivity contribution is -0.133. The SMILES string of the molecule is CC[C@@]1(c2ccccc2)NC(=O)N(CN2CCN(c3ccc(OC)cc3)CC2)C1=O. The molecule has 0 unspecified atom stereocenters. The number of nitrogens with one attached hydrogen (secondary N) is 1. The summed E-state index contributed by atoms with van der Waals surface area (Å²) in [6.45, 7) is 5.50. The van der Waals surface area contributed by atoms with E-state index in [-0.39, 0.29) is 11.9 Å². The molecule has 3 amide bonds. The fourth-order valence-electron chi connectivity index (χ4n) is 4.26. The van der Waals surface area contributed by atoms with Gasteiger partial charge in [0, 0.05) is 31.9 Å². The van der Waals surface area contributed by atoms with Crippen molar-refractivity contribution < 1.29 is 14.3 Å². The summed E-state index contributed by atoms with van der Waals surface area (Å²) < 4.78 is 5.22. The van der Waals surface area contributed by atoms with Crippen molar-refractivity contribution in [2.75, 3.05) is 44.9 Å². The topological polar surface area (TPSA) is 65.1 Å². The second-order valence-corrected chi connectivity index (χ2v) is 7.73. The molecular formula is C23H28N4O3. The number of amides is 3. The van der Waals surface area contributed by atoms with Gasteiger partial charge in [0.1, 0.15) is 11.3 Å². The molecule has 4 rings (SSSR count). The Bertz CT molecular complexity index is 894. The van der Waals surface area contributed by atoms with Crippen LogP contribution in [0.5, 0.6) is 5.75 Å². The third-order valence-electron chi connectivity index (χ3n) is 6.12. The normalized spacial score (nSPS) is 22.3. The first-order valence-corrected chi connectivity index (χ1v) is 10.4. The third kappa shape index (κ3) is 3.61. The Morgan fingerprint density at radius 1 is 0.967 bits per heavy atom. The van der Waals surface area contributed by atoms with Gasteiger partial charge in [0.05, 0.1) is 13.8 Å². The number of carbonyl (C=O) groups is 2. The molecular weight excluding hydrogens is 380 g/mol. The Hall–Kier alpha value is -3.06. The van der Waals surface area contributed by atoms with E-state index in [9.17, 15) is 9.59 Å². The van der Waals surface area contributed by atoms with E-state index < -0.39 is 5.54 Å². The Morgan fingerprint density at radius 3 is 2.23 bits per heavy atom. The number of rotatable bonds is 6. The summed E-state index contributed by atoms with van der Waals surface area (Å²) in [7, 11) is 1.66. The minimum atomic E-state index is -0.969. The van der Waals surface area contributed by atoms with E-state index in [0.717, 1.165) is 43.2 Å². The van der Waals surface area contributed by atoms with Crippen molar-refractivity contribution in [2.24, 2.45) is 0 Å². The summed E-state index contributed by atoms with van der Waals surface area (Å²) in [4.78, 5) is 31.8. The summed E-state index contributed by atoms with van der Waals surface area (Å²) in [5.41, 5.74) is 1.01. The van der Waals surface area contributed by atoms with Gasteiger partial charge < -0.3 is 15.0 Å². The molecule has 7 heteroatoms. The number of imide groups is 1. The number of ether oxygens (including phenoxy) is 1. The molecule has 30 heavy (non-hydrogen) atoms. The first-order chi connectivity index (χ1) is 14.6. The van der Waals surface area contributed by atoms with Crippen LogP contribution in [-0.4, -0.2) is 61.7 Å². The Kier molecular flexibility index (Phi) is 5.63. The molecule has 2 aliphatic rings.